The van der Waals surface area contributed by atoms with Gasteiger partial charge in [-0.25, -0.2) is 0 Å². The van der Waals surface area contributed by atoms with Crippen molar-refractivity contribution in [2.75, 3.05) is 64.9 Å². The van der Waals surface area contributed by atoms with E-state index in [9.17, 15) is 0 Å². The molecule has 0 aromatic rings. The van der Waals surface area contributed by atoms with Gasteiger partial charge in [-0.2, -0.15) is 11.8 Å². The van der Waals surface area contributed by atoms with E-state index in [1.165, 1.54) is 51.3 Å². The fourth-order valence-electron chi connectivity index (χ4n) is 2.30. The molecule has 0 saturated carbocycles. The summed E-state index contributed by atoms with van der Waals surface area (Å²) < 4.78 is 0. The first kappa shape index (κ1) is 17.0. The van der Waals surface area contributed by atoms with Crippen molar-refractivity contribution in [1.82, 2.24) is 10.6 Å². The summed E-state index contributed by atoms with van der Waals surface area (Å²) in [6.45, 7) is 8.54. The molecule has 1 aliphatic heterocycles. The molecule has 6 heteroatoms. The average Bonchev–Trinajstić information content (AvgIpc) is 2.42. The number of hydrogen-bond donors (Lipinski definition) is 4. The quantitative estimate of drug-likeness (QED) is 0.309. The normalized spacial score (nSPS) is 23.1. The summed E-state index contributed by atoms with van der Waals surface area (Å²) in [5, 5.41) is 7.38. The molecule has 0 spiro atoms. The molecular weight excluding hydrogens is 276 g/mol. The molecule has 1 fully saturated rings. The van der Waals surface area contributed by atoms with E-state index < -0.39 is 0 Å². The molecule has 1 saturated heterocycles. The lowest BCUT2D eigenvalue weighted by molar-refractivity contribution is -1.00. The molecule has 0 aliphatic carbocycles. The molecule has 0 radical (unpaired) electrons. The highest BCUT2D eigenvalue weighted by atomic mass is 32.2. The number of likely N-dealkylation sites (N-methyl/N-ethyl adjacent to an activating group) is 1. The smallest absolute Gasteiger partial charge is 0.166 e. The van der Waals surface area contributed by atoms with Crippen LogP contribution in [-0.2, 0) is 0 Å². The lowest BCUT2D eigenvalue weighted by Crippen LogP contribution is -3.27. The highest BCUT2D eigenvalue weighted by Crippen LogP contribution is 1.92. The van der Waals surface area contributed by atoms with Crippen LogP contribution in [0.5, 0.6) is 0 Å². The third kappa shape index (κ3) is 8.68. The highest BCUT2D eigenvalue weighted by molar-refractivity contribution is 7.98. The topological polar surface area (TPSA) is 32.9 Å². The predicted octanol–water partition coefficient (Wildman–Crippen LogP) is -1.99. The van der Waals surface area contributed by atoms with Crippen LogP contribution in [0.25, 0.3) is 0 Å². The number of thiocarbonyl (C=S) groups is 1. The Kier molecular flexibility index (Phi) is 9.59. The summed E-state index contributed by atoms with van der Waals surface area (Å²) >= 11 is 7.13. The van der Waals surface area contributed by atoms with Crippen LogP contribution in [0.15, 0.2) is 0 Å². The summed E-state index contributed by atoms with van der Waals surface area (Å²) in [5.41, 5.74) is 0. The van der Waals surface area contributed by atoms with Gasteiger partial charge in [-0.05, 0) is 30.6 Å². The monoisotopic (exact) mass is 306 g/mol. The number of quaternary nitrogens is 2. The van der Waals surface area contributed by atoms with E-state index in [2.05, 4.69) is 23.9 Å². The standard InChI is InChI=1S/C13H28N4S2/c1-16-8-10-17(11-9-16)7-3-5-14-13(18)15-6-4-12-19-2/h3-12H2,1-2H3,(H2,14,15,18)/p+2. The van der Waals surface area contributed by atoms with Crippen molar-refractivity contribution >= 4 is 29.1 Å². The fraction of sp³-hybridized carbons (Fsp3) is 0.923. The van der Waals surface area contributed by atoms with Crippen molar-refractivity contribution < 1.29 is 9.80 Å². The first-order valence-corrected chi connectivity index (χ1v) is 9.18. The summed E-state index contributed by atoms with van der Waals surface area (Å²) in [5.74, 6) is 1.20. The molecule has 19 heavy (non-hydrogen) atoms. The minimum Gasteiger partial charge on any atom is -0.363 e. The molecule has 0 aromatic heterocycles. The Morgan fingerprint density at radius 3 is 2.37 bits per heavy atom. The average molecular weight is 307 g/mol. The minimum absolute atomic E-state index is 0.818. The highest BCUT2D eigenvalue weighted by Gasteiger charge is 2.18. The maximum atomic E-state index is 5.25. The van der Waals surface area contributed by atoms with Gasteiger partial charge in [0, 0.05) is 19.5 Å². The van der Waals surface area contributed by atoms with Crippen LogP contribution in [-0.4, -0.2) is 70.0 Å². The molecule has 1 rings (SSSR count). The van der Waals surface area contributed by atoms with Crippen molar-refractivity contribution in [1.29, 1.82) is 0 Å². The SMILES string of the molecule is CSCCCNC(=S)NCCC[NH+]1CC[NH+](C)CC1. The Morgan fingerprint density at radius 2 is 1.74 bits per heavy atom. The van der Waals surface area contributed by atoms with Gasteiger partial charge < -0.3 is 20.4 Å². The lowest BCUT2D eigenvalue weighted by atomic mass is 10.3. The zero-order valence-corrected chi connectivity index (χ0v) is 14.0. The Hall–Kier alpha value is -0.0400. The van der Waals surface area contributed by atoms with E-state index in [4.69, 9.17) is 12.2 Å². The third-order valence-corrected chi connectivity index (χ3v) is 4.60. The Balaban J connectivity index is 1.91. The van der Waals surface area contributed by atoms with Gasteiger partial charge in [0.1, 0.15) is 26.2 Å². The maximum absolute atomic E-state index is 5.25. The van der Waals surface area contributed by atoms with Crippen LogP contribution in [0.3, 0.4) is 0 Å². The van der Waals surface area contributed by atoms with Crippen LogP contribution < -0.4 is 20.4 Å². The molecule has 0 aromatic carbocycles. The van der Waals surface area contributed by atoms with Gasteiger partial charge in [-0.3, -0.25) is 0 Å². The Morgan fingerprint density at radius 1 is 1.11 bits per heavy atom. The maximum Gasteiger partial charge on any atom is 0.166 e. The number of nitrogens with one attached hydrogen (secondary N) is 4. The van der Waals surface area contributed by atoms with Crippen LogP contribution in [0.2, 0.25) is 0 Å². The molecule has 4 nitrogen and oxygen atoms in total. The number of thioether (sulfide) groups is 1. The molecule has 112 valence electrons. The van der Waals surface area contributed by atoms with Crippen molar-refractivity contribution in [2.24, 2.45) is 0 Å². The molecule has 1 aliphatic rings. The molecule has 1 heterocycles. The van der Waals surface area contributed by atoms with Crippen LogP contribution in [0, 0.1) is 0 Å². The zero-order valence-electron chi connectivity index (χ0n) is 12.4. The zero-order chi connectivity index (χ0) is 13.9. The lowest BCUT2D eigenvalue weighted by Gasteiger charge is -2.27. The van der Waals surface area contributed by atoms with Gasteiger partial charge in [0.05, 0.1) is 13.6 Å². The van der Waals surface area contributed by atoms with Gasteiger partial charge in [-0.1, -0.05) is 0 Å². The second kappa shape index (κ2) is 10.7. The number of hydrogen-bond acceptors (Lipinski definition) is 2. The van der Waals surface area contributed by atoms with Gasteiger partial charge in [0.25, 0.3) is 0 Å². The van der Waals surface area contributed by atoms with E-state index >= 15 is 0 Å². The number of rotatable bonds is 8. The second-order valence-electron chi connectivity index (χ2n) is 5.34. The summed E-state index contributed by atoms with van der Waals surface area (Å²) in [6.07, 6.45) is 4.52. The molecular formula is C13H30N4S2+2. The van der Waals surface area contributed by atoms with E-state index in [1.54, 1.807) is 9.80 Å². The van der Waals surface area contributed by atoms with Gasteiger partial charge >= 0.3 is 0 Å². The van der Waals surface area contributed by atoms with Crippen LogP contribution in [0.1, 0.15) is 12.8 Å². The van der Waals surface area contributed by atoms with Crippen LogP contribution in [0.4, 0.5) is 0 Å². The number of piperazine rings is 1. The minimum atomic E-state index is 0.818. The van der Waals surface area contributed by atoms with E-state index in [-0.39, 0.29) is 0 Å². The molecule has 0 atom stereocenters. The largest absolute Gasteiger partial charge is 0.363 e. The third-order valence-electron chi connectivity index (χ3n) is 3.61. The Bertz CT molecular complexity index is 243. The second-order valence-corrected chi connectivity index (χ2v) is 6.73. The van der Waals surface area contributed by atoms with E-state index in [0.29, 0.717) is 0 Å². The summed E-state index contributed by atoms with van der Waals surface area (Å²) in [4.78, 5) is 3.43. The van der Waals surface area contributed by atoms with Crippen molar-refractivity contribution in [3.05, 3.63) is 0 Å². The van der Waals surface area contributed by atoms with Crippen molar-refractivity contribution in [3.63, 3.8) is 0 Å². The first-order valence-electron chi connectivity index (χ1n) is 7.38. The Labute approximate surface area is 127 Å². The molecule has 0 bridgehead atoms. The molecule has 0 amide bonds. The molecule has 0 unspecified atom stereocenters. The van der Waals surface area contributed by atoms with E-state index in [1.807, 2.05) is 11.8 Å². The van der Waals surface area contributed by atoms with Crippen molar-refractivity contribution in [2.45, 2.75) is 12.8 Å². The summed E-state index contributed by atoms with van der Waals surface area (Å²) in [7, 11) is 2.29. The van der Waals surface area contributed by atoms with Crippen LogP contribution >= 0.6 is 24.0 Å². The van der Waals surface area contributed by atoms with E-state index in [0.717, 1.165) is 18.2 Å². The predicted molar refractivity (Wildman–Crippen MR) is 88.4 cm³/mol. The van der Waals surface area contributed by atoms with Gasteiger partial charge in [0.15, 0.2) is 5.11 Å². The van der Waals surface area contributed by atoms with Gasteiger partial charge in [0.2, 0.25) is 0 Å². The summed E-state index contributed by atoms with van der Waals surface area (Å²) in [6, 6.07) is 0. The first-order chi connectivity index (χ1) is 9.22. The fourth-order valence-corrected chi connectivity index (χ4v) is 2.94. The molecule has 4 N–H and O–H groups in total. The van der Waals surface area contributed by atoms with Crippen molar-refractivity contribution in [3.8, 4) is 0 Å². The van der Waals surface area contributed by atoms with Gasteiger partial charge in [-0.15, -0.1) is 0 Å².